The third-order valence-electron chi connectivity index (χ3n) is 4.64. The van der Waals surface area contributed by atoms with Crippen LogP contribution in [0, 0.1) is 5.82 Å². The molecule has 0 fully saturated rings. The fourth-order valence-electron chi connectivity index (χ4n) is 3.18. The summed E-state index contributed by atoms with van der Waals surface area (Å²) in [7, 11) is 0. The lowest BCUT2D eigenvalue weighted by Crippen LogP contribution is -2.35. The van der Waals surface area contributed by atoms with Crippen molar-refractivity contribution >= 4 is 28.4 Å². The summed E-state index contributed by atoms with van der Waals surface area (Å²) in [6.45, 7) is 1.74. The minimum atomic E-state index is -5.00. The number of carbonyl (C=O) groups is 1. The van der Waals surface area contributed by atoms with Gasteiger partial charge in [-0.25, -0.2) is 14.4 Å². The second kappa shape index (κ2) is 7.94. The van der Waals surface area contributed by atoms with Gasteiger partial charge in [0, 0.05) is 5.39 Å². The van der Waals surface area contributed by atoms with Crippen LogP contribution in [-0.4, -0.2) is 37.9 Å². The van der Waals surface area contributed by atoms with E-state index in [2.05, 4.69) is 25.1 Å². The lowest BCUT2D eigenvalue weighted by Gasteiger charge is -2.15. The normalized spacial score (nSPS) is 12.8. The number of aromatic nitrogens is 4. The molecule has 1 atom stereocenters. The zero-order chi connectivity index (χ0) is 23.0. The Kier molecular flexibility index (Phi) is 5.28. The van der Waals surface area contributed by atoms with Crippen molar-refractivity contribution in [2.24, 2.45) is 5.73 Å². The second-order valence-corrected chi connectivity index (χ2v) is 6.82. The molecule has 8 nitrogen and oxygen atoms in total. The van der Waals surface area contributed by atoms with Crippen LogP contribution in [0.4, 0.5) is 23.5 Å². The molecule has 0 saturated carbocycles. The smallest absolute Gasteiger partial charge is 0.405 e. The largest absolute Gasteiger partial charge is 0.573 e. The lowest BCUT2D eigenvalue weighted by atomic mass is 10.2. The molecule has 12 heteroatoms. The molecule has 3 N–H and O–H groups in total. The standard InChI is InChI=1S/C20H16F4N6O2/c1-2-13(16(25)31)26-19-27-14-6-4-3-5-11(14)18-28-17(29-30(18)19)12-9-10(21)7-8-15(12)32-20(22,23)24/h3-9,13H,2H2,1H3,(H2,25,31)(H,26,27). The number of fused-ring (bicyclic) bond motifs is 3. The van der Waals surface area contributed by atoms with Crippen molar-refractivity contribution in [2.45, 2.75) is 25.7 Å². The Morgan fingerprint density at radius 3 is 2.66 bits per heavy atom. The number of nitrogens with two attached hydrogens (primary N) is 1. The van der Waals surface area contributed by atoms with Crippen LogP contribution in [0.15, 0.2) is 42.5 Å². The molecule has 4 rings (SSSR count). The molecule has 166 valence electrons. The number of rotatable bonds is 6. The Morgan fingerprint density at radius 2 is 1.97 bits per heavy atom. The summed E-state index contributed by atoms with van der Waals surface area (Å²) in [5.74, 6) is -2.21. The molecule has 0 bridgehead atoms. The van der Waals surface area contributed by atoms with Crippen LogP contribution in [0.5, 0.6) is 5.75 Å². The zero-order valence-corrected chi connectivity index (χ0v) is 16.5. The van der Waals surface area contributed by atoms with Crippen molar-refractivity contribution < 1.29 is 27.1 Å². The molecule has 0 aliphatic rings. The van der Waals surface area contributed by atoms with Gasteiger partial charge in [-0.15, -0.1) is 18.3 Å². The average Bonchev–Trinajstić information content (AvgIpc) is 3.17. The Labute approximate surface area is 178 Å². The fourth-order valence-corrected chi connectivity index (χ4v) is 3.18. The van der Waals surface area contributed by atoms with E-state index >= 15 is 0 Å². The van der Waals surface area contributed by atoms with Gasteiger partial charge < -0.3 is 15.8 Å². The van der Waals surface area contributed by atoms with Crippen LogP contribution in [0.25, 0.3) is 27.9 Å². The van der Waals surface area contributed by atoms with Gasteiger partial charge in [0.2, 0.25) is 11.9 Å². The number of hydrogen-bond donors (Lipinski definition) is 2. The summed E-state index contributed by atoms with van der Waals surface area (Å²) in [6, 6.07) is 8.60. The number of primary amides is 1. The van der Waals surface area contributed by atoms with Crippen molar-refractivity contribution in [3.63, 3.8) is 0 Å². The van der Waals surface area contributed by atoms with Gasteiger partial charge in [0.25, 0.3) is 0 Å². The zero-order valence-electron chi connectivity index (χ0n) is 16.5. The van der Waals surface area contributed by atoms with Crippen LogP contribution in [0.2, 0.25) is 0 Å². The van der Waals surface area contributed by atoms with E-state index in [4.69, 9.17) is 5.73 Å². The molecular formula is C20H16F4N6O2. The summed E-state index contributed by atoms with van der Waals surface area (Å²) >= 11 is 0. The second-order valence-electron chi connectivity index (χ2n) is 6.82. The Balaban J connectivity index is 1.94. The number of anilines is 1. The molecule has 4 aromatic rings. The molecule has 0 aliphatic carbocycles. The van der Waals surface area contributed by atoms with E-state index in [9.17, 15) is 22.4 Å². The summed E-state index contributed by atoms with van der Waals surface area (Å²) in [5, 5.41) is 7.65. The number of para-hydroxylation sites is 1. The quantitative estimate of drug-likeness (QED) is 0.436. The first-order valence-electron chi connectivity index (χ1n) is 9.43. The van der Waals surface area contributed by atoms with Crippen molar-refractivity contribution in [2.75, 3.05) is 5.32 Å². The van der Waals surface area contributed by atoms with Crippen LogP contribution in [0.1, 0.15) is 13.3 Å². The first-order chi connectivity index (χ1) is 15.2. The van der Waals surface area contributed by atoms with Gasteiger partial charge in [-0.05, 0) is 36.8 Å². The highest BCUT2D eigenvalue weighted by atomic mass is 19.4. The highest BCUT2D eigenvalue weighted by Gasteiger charge is 2.33. The highest BCUT2D eigenvalue weighted by Crippen LogP contribution is 2.34. The first-order valence-corrected chi connectivity index (χ1v) is 9.43. The minimum absolute atomic E-state index is 0.0952. The van der Waals surface area contributed by atoms with Gasteiger partial charge in [0.1, 0.15) is 17.6 Å². The van der Waals surface area contributed by atoms with E-state index in [1.54, 1.807) is 31.2 Å². The van der Waals surface area contributed by atoms with E-state index in [0.717, 1.165) is 18.2 Å². The third-order valence-corrected chi connectivity index (χ3v) is 4.64. The predicted molar refractivity (Wildman–Crippen MR) is 107 cm³/mol. The molecule has 2 aromatic heterocycles. The number of amides is 1. The van der Waals surface area contributed by atoms with Gasteiger partial charge in [-0.1, -0.05) is 19.1 Å². The highest BCUT2D eigenvalue weighted by molar-refractivity contribution is 5.93. The van der Waals surface area contributed by atoms with Gasteiger partial charge in [0.05, 0.1) is 11.1 Å². The van der Waals surface area contributed by atoms with Crippen molar-refractivity contribution in [1.29, 1.82) is 0 Å². The number of nitrogens with zero attached hydrogens (tertiary/aromatic N) is 4. The molecule has 0 spiro atoms. The maximum Gasteiger partial charge on any atom is 0.573 e. The first kappa shape index (κ1) is 21.3. The molecule has 2 aromatic carbocycles. The number of halogens is 4. The Morgan fingerprint density at radius 1 is 1.22 bits per heavy atom. The topological polar surface area (TPSA) is 107 Å². The number of alkyl halides is 3. The van der Waals surface area contributed by atoms with Crippen LogP contribution in [-0.2, 0) is 4.79 Å². The molecule has 0 radical (unpaired) electrons. The molecule has 0 saturated heterocycles. The van der Waals surface area contributed by atoms with Gasteiger partial charge in [-0.2, -0.15) is 4.52 Å². The number of benzene rings is 2. The van der Waals surface area contributed by atoms with Gasteiger partial charge >= 0.3 is 6.36 Å². The summed E-state index contributed by atoms with van der Waals surface area (Å²) < 4.78 is 57.7. The van der Waals surface area contributed by atoms with Crippen molar-refractivity contribution in [3.8, 4) is 17.1 Å². The van der Waals surface area contributed by atoms with E-state index in [0.29, 0.717) is 17.3 Å². The maximum absolute atomic E-state index is 13.9. The van der Waals surface area contributed by atoms with Gasteiger partial charge in [0.15, 0.2) is 11.5 Å². The summed E-state index contributed by atoms with van der Waals surface area (Å²) in [5.41, 5.74) is 5.82. The average molecular weight is 448 g/mol. The molecule has 1 amide bonds. The van der Waals surface area contributed by atoms with Crippen LogP contribution in [0.3, 0.4) is 0 Å². The van der Waals surface area contributed by atoms with Gasteiger partial charge in [-0.3, -0.25) is 4.79 Å². The molecular weight excluding hydrogens is 432 g/mol. The third kappa shape index (κ3) is 4.11. The fraction of sp³-hybridized carbons (Fsp3) is 0.200. The van der Waals surface area contributed by atoms with E-state index in [1.165, 1.54) is 4.52 Å². The monoisotopic (exact) mass is 448 g/mol. The summed E-state index contributed by atoms with van der Waals surface area (Å²) in [6.07, 6.45) is -4.65. The number of carbonyl (C=O) groups excluding carboxylic acids is 1. The van der Waals surface area contributed by atoms with E-state index < -0.39 is 29.9 Å². The summed E-state index contributed by atoms with van der Waals surface area (Å²) in [4.78, 5) is 20.5. The number of ether oxygens (including phenoxy) is 1. The lowest BCUT2D eigenvalue weighted by molar-refractivity contribution is -0.274. The molecule has 1 unspecified atom stereocenters. The van der Waals surface area contributed by atoms with E-state index in [1.807, 2.05) is 0 Å². The minimum Gasteiger partial charge on any atom is -0.405 e. The van der Waals surface area contributed by atoms with E-state index in [-0.39, 0.29) is 23.0 Å². The van der Waals surface area contributed by atoms with Crippen LogP contribution >= 0.6 is 0 Å². The number of nitrogens with one attached hydrogen (secondary N) is 1. The van der Waals surface area contributed by atoms with Crippen molar-refractivity contribution in [1.82, 2.24) is 19.6 Å². The predicted octanol–water partition coefficient (Wildman–Crippen LogP) is 3.66. The van der Waals surface area contributed by atoms with Crippen molar-refractivity contribution in [3.05, 3.63) is 48.3 Å². The Bertz CT molecular complexity index is 1320. The SMILES string of the molecule is CCC(Nc1nc2ccccc2c2nc(-c3cc(F)ccc3OC(F)(F)F)nn12)C(N)=O. The molecule has 32 heavy (non-hydrogen) atoms. The Hall–Kier alpha value is -3.96. The maximum atomic E-state index is 13.9. The number of hydrogen-bond acceptors (Lipinski definition) is 6. The molecule has 2 heterocycles. The van der Waals surface area contributed by atoms with Crippen LogP contribution < -0.4 is 15.8 Å². The molecule has 0 aliphatic heterocycles.